The van der Waals surface area contributed by atoms with Crippen molar-refractivity contribution in [3.8, 4) is 22.9 Å². The second-order valence-electron chi connectivity index (χ2n) is 10.2. The van der Waals surface area contributed by atoms with Crippen molar-refractivity contribution in [2.75, 3.05) is 42.7 Å². The summed E-state index contributed by atoms with van der Waals surface area (Å²) < 4.78 is 6.21. The number of urea groups is 1. The number of likely N-dealkylation sites (N-methyl/N-ethyl adjacent to an activating group) is 2. The quantitative estimate of drug-likeness (QED) is 0.245. The zero-order valence-electron chi connectivity index (χ0n) is 23.7. The summed E-state index contributed by atoms with van der Waals surface area (Å²) in [6, 6.07) is 16.7. The number of rotatable bonds is 8. The van der Waals surface area contributed by atoms with Crippen molar-refractivity contribution in [1.82, 2.24) is 19.9 Å². The number of carbonyl (C=O) groups is 1. The number of ether oxygens (including phenoxy) is 1. The van der Waals surface area contributed by atoms with E-state index in [0.717, 1.165) is 54.3 Å². The van der Waals surface area contributed by atoms with Gasteiger partial charge in [-0.25, -0.2) is 19.7 Å². The van der Waals surface area contributed by atoms with E-state index >= 15 is 0 Å². The molecule has 1 aliphatic rings. The zero-order chi connectivity index (χ0) is 28.9. The number of halogens is 1. The van der Waals surface area contributed by atoms with Crippen LogP contribution in [0.25, 0.3) is 11.3 Å². The van der Waals surface area contributed by atoms with Crippen LogP contribution < -0.4 is 20.3 Å². The maximum Gasteiger partial charge on any atom is 0.323 e. The fourth-order valence-electron chi connectivity index (χ4n) is 4.96. The largest absolute Gasteiger partial charge is 0.438 e. The lowest BCUT2D eigenvalue weighted by molar-refractivity contribution is 0.262. The lowest BCUT2D eigenvalue weighted by Gasteiger charge is -2.29. The van der Waals surface area contributed by atoms with Crippen LogP contribution in [0.1, 0.15) is 24.7 Å². The van der Waals surface area contributed by atoms with Crippen molar-refractivity contribution in [2.45, 2.75) is 32.7 Å². The highest BCUT2D eigenvalue weighted by molar-refractivity contribution is 6.31. The Labute approximate surface area is 245 Å². The number of aromatic nitrogens is 3. The van der Waals surface area contributed by atoms with Crippen molar-refractivity contribution in [3.63, 3.8) is 0 Å². The van der Waals surface area contributed by atoms with Crippen LogP contribution in [0.15, 0.2) is 67.0 Å². The summed E-state index contributed by atoms with van der Waals surface area (Å²) in [6.07, 6.45) is 5.22. The van der Waals surface area contributed by atoms with Crippen LogP contribution >= 0.6 is 11.6 Å². The third-order valence-electron chi connectivity index (χ3n) is 7.21. The number of anilines is 3. The first-order chi connectivity index (χ1) is 19.8. The van der Waals surface area contributed by atoms with Gasteiger partial charge in [-0.15, -0.1) is 0 Å². The molecule has 212 valence electrons. The number of nitrogens with one attached hydrogen (secondary N) is 2. The third kappa shape index (κ3) is 6.75. The van der Waals surface area contributed by atoms with Gasteiger partial charge in [-0.2, -0.15) is 0 Å². The van der Waals surface area contributed by atoms with Gasteiger partial charge in [0, 0.05) is 49.2 Å². The molecule has 2 aromatic carbocycles. The molecule has 5 rings (SSSR count). The monoisotopic (exact) mass is 571 g/mol. The molecule has 2 amide bonds. The number of aryl methyl sites for hydroxylation is 2. The van der Waals surface area contributed by atoms with Gasteiger partial charge in [-0.3, -0.25) is 0 Å². The van der Waals surface area contributed by atoms with Gasteiger partial charge >= 0.3 is 6.03 Å². The van der Waals surface area contributed by atoms with Gasteiger partial charge in [-0.05, 0) is 87.1 Å². The minimum Gasteiger partial charge on any atom is -0.438 e. The summed E-state index contributed by atoms with van der Waals surface area (Å²) in [5.41, 5.74) is 4.57. The minimum absolute atomic E-state index is 0.360. The molecule has 0 spiro atoms. The van der Waals surface area contributed by atoms with Gasteiger partial charge in [0.15, 0.2) is 0 Å². The number of carbonyl (C=O) groups excluding carboxylic acids is 1. The van der Waals surface area contributed by atoms with Crippen molar-refractivity contribution >= 4 is 34.7 Å². The molecule has 1 aliphatic heterocycles. The Balaban J connectivity index is 1.29. The Morgan fingerprint density at radius 2 is 1.98 bits per heavy atom. The second kappa shape index (κ2) is 12.5. The number of nitrogens with zero attached hydrogens (tertiary/aromatic N) is 5. The van der Waals surface area contributed by atoms with E-state index in [-0.39, 0.29) is 6.03 Å². The Kier molecular flexibility index (Phi) is 8.66. The molecule has 1 atom stereocenters. The summed E-state index contributed by atoms with van der Waals surface area (Å²) >= 11 is 6.29. The summed E-state index contributed by atoms with van der Waals surface area (Å²) in [5, 5.41) is 6.46. The van der Waals surface area contributed by atoms with Crippen molar-refractivity contribution in [2.24, 2.45) is 0 Å². The fraction of sp³-hybridized carbons (Fsp3) is 0.290. The average Bonchev–Trinajstić information content (AvgIpc) is 3.40. The first-order valence-corrected chi connectivity index (χ1v) is 14.0. The highest BCUT2D eigenvalue weighted by Crippen LogP contribution is 2.34. The van der Waals surface area contributed by atoms with E-state index in [0.29, 0.717) is 34.1 Å². The van der Waals surface area contributed by atoms with Crippen LogP contribution in [-0.2, 0) is 6.42 Å². The van der Waals surface area contributed by atoms with Crippen molar-refractivity contribution < 1.29 is 9.53 Å². The predicted octanol–water partition coefficient (Wildman–Crippen LogP) is 6.64. The maximum absolute atomic E-state index is 13.0. The molecule has 3 heterocycles. The van der Waals surface area contributed by atoms with Crippen LogP contribution in [-0.4, -0.2) is 59.1 Å². The molecule has 2 aromatic heterocycles. The molecule has 2 N–H and O–H groups in total. The number of hydrogen-bond donors (Lipinski definition) is 2. The normalized spacial score (nSPS) is 15.0. The molecule has 0 radical (unpaired) electrons. The lowest BCUT2D eigenvalue weighted by atomic mass is 10.1. The second-order valence-corrected chi connectivity index (χ2v) is 10.6. The first-order valence-electron chi connectivity index (χ1n) is 13.7. The molecule has 0 bridgehead atoms. The molecular weight excluding hydrogens is 538 g/mol. The number of amides is 2. The van der Waals surface area contributed by atoms with E-state index in [1.54, 1.807) is 24.5 Å². The van der Waals surface area contributed by atoms with Crippen LogP contribution in [0.2, 0.25) is 5.02 Å². The Morgan fingerprint density at radius 3 is 2.73 bits per heavy atom. The summed E-state index contributed by atoms with van der Waals surface area (Å²) in [7, 11) is 4.18. The van der Waals surface area contributed by atoms with Gasteiger partial charge in [0.1, 0.15) is 11.6 Å². The van der Waals surface area contributed by atoms with E-state index < -0.39 is 0 Å². The molecule has 0 unspecified atom stereocenters. The molecule has 1 fully saturated rings. The molecule has 10 heteroatoms. The number of pyridine rings is 1. The van der Waals surface area contributed by atoms with Gasteiger partial charge in [0.05, 0.1) is 22.6 Å². The molecule has 41 heavy (non-hydrogen) atoms. The summed E-state index contributed by atoms with van der Waals surface area (Å²) in [4.78, 5) is 30.9. The van der Waals surface area contributed by atoms with Gasteiger partial charge in [-0.1, -0.05) is 18.5 Å². The minimum atomic E-state index is -0.360. The maximum atomic E-state index is 13.0. The van der Waals surface area contributed by atoms with Crippen molar-refractivity contribution in [3.05, 3.63) is 83.4 Å². The predicted molar refractivity (Wildman–Crippen MR) is 164 cm³/mol. The van der Waals surface area contributed by atoms with Crippen LogP contribution in [0.4, 0.5) is 21.9 Å². The van der Waals surface area contributed by atoms with E-state index in [4.69, 9.17) is 16.3 Å². The first kappa shape index (κ1) is 28.3. The smallest absolute Gasteiger partial charge is 0.323 e. The average molecular weight is 572 g/mol. The van der Waals surface area contributed by atoms with Gasteiger partial charge in [0.25, 0.3) is 0 Å². The highest BCUT2D eigenvalue weighted by Gasteiger charge is 2.25. The van der Waals surface area contributed by atoms with Gasteiger partial charge in [0.2, 0.25) is 5.88 Å². The topological polar surface area (TPSA) is 95.5 Å². The number of likely N-dealkylation sites (tertiary alicyclic amines) is 1. The molecule has 0 aliphatic carbocycles. The fourth-order valence-corrected chi connectivity index (χ4v) is 5.13. The Hall–Kier alpha value is -4.21. The molecular formula is C31H34ClN7O2. The van der Waals surface area contributed by atoms with Crippen LogP contribution in [0, 0.1) is 6.92 Å². The highest BCUT2D eigenvalue weighted by atomic mass is 35.5. The van der Waals surface area contributed by atoms with Crippen LogP contribution in [0.5, 0.6) is 11.6 Å². The van der Waals surface area contributed by atoms with E-state index in [1.165, 1.54) is 0 Å². The Morgan fingerprint density at radius 1 is 1.12 bits per heavy atom. The van der Waals surface area contributed by atoms with Gasteiger partial charge < -0.3 is 25.2 Å². The summed E-state index contributed by atoms with van der Waals surface area (Å²) in [5.74, 6) is 1.83. The SMILES string of the molecule is CCc1nccc(-c2cccnc2Oc2ccc(NC(=O)Nc3cc(Cl)ccc3N(C)[C@H]3CCN(C)C3)cc2C)n1. The number of hydrogen-bond acceptors (Lipinski definition) is 7. The number of benzene rings is 2. The summed E-state index contributed by atoms with van der Waals surface area (Å²) in [6.45, 7) is 5.95. The third-order valence-corrected chi connectivity index (χ3v) is 7.44. The molecule has 9 nitrogen and oxygen atoms in total. The van der Waals surface area contributed by atoms with E-state index in [9.17, 15) is 4.79 Å². The standard InChI is InChI=1S/C31H34ClN7O2/c1-5-29-33-15-12-25(36-29)24-7-6-14-34-30(24)41-28-11-9-22(17-20(28)2)35-31(40)37-26-18-21(32)8-10-27(26)39(4)23-13-16-38(3)19-23/h6-12,14-15,17-18,23H,5,13,16,19H2,1-4H3,(H2,35,37,40)/t23-/m0/s1. The zero-order valence-corrected chi connectivity index (χ0v) is 24.4. The van der Waals surface area contributed by atoms with Crippen LogP contribution in [0.3, 0.4) is 0 Å². The molecule has 0 saturated carbocycles. The molecule has 4 aromatic rings. The van der Waals surface area contributed by atoms with Crippen molar-refractivity contribution in [1.29, 1.82) is 0 Å². The molecule has 1 saturated heterocycles. The van der Waals surface area contributed by atoms with E-state index in [2.05, 4.69) is 49.5 Å². The lowest BCUT2D eigenvalue weighted by Crippen LogP contribution is -2.34. The van der Waals surface area contributed by atoms with E-state index in [1.807, 2.05) is 56.3 Å². The Bertz CT molecular complexity index is 1550.